The van der Waals surface area contributed by atoms with Crippen molar-refractivity contribution in [2.45, 2.75) is 208 Å². The van der Waals surface area contributed by atoms with Crippen LogP contribution in [-0.2, 0) is 68.5 Å². The van der Waals surface area contributed by atoms with E-state index in [4.69, 9.17) is 33.2 Å². The molecule has 4 amide bonds. The summed E-state index contributed by atoms with van der Waals surface area (Å²) in [6.07, 6.45) is -15.3. The van der Waals surface area contributed by atoms with Crippen molar-refractivity contribution < 1.29 is 115 Å². The van der Waals surface area contributed by atoms with Crippen molar-refractivity contribution in [1.29, 1.82) is 0 Å². The Morgan fingerprint density at radius 2 is 0.987 bits per heavy atom. The highest BCUT2D eigenvalue weighted by molar-refractivity contribution is 7.80. The lowest BCUT2D eigenvalue weighted by atomic mass is 9.93. The van der Waals surface area contributed by atoms with Crippen molar-refractivity contribution >= 4 is 34.0 Å². The lowest BCUT2D eigenvalue weighted by Gasteiger charge is -2.51. The molecule has 28 nitrogen and oxygen atoms in total. The Morgan fingerprint density at radius 1 is 0.551 bits per heavy atom. The molecule has 0 spiro atoms. The standard InChI is InChI=1S/C49H78N4O24S/c1-5-6-7-8-9-10-11-12-13-14-15-27-16-18-28(19-17-27)45(65)53-34-38(61)37(60)29(20-54)72-47(34)75-42-30(21-55)73-48(35(40(42)63)51-25(3)58)76-43-31(22-56)74-49(36(41(43)64)52-26(4)59)77-44-32(23-70-78(67,68)69)71-46(66)33(39(44)62)50-24(2)57/h10-11,16-19,29-44,46-49,54-56,60-64,66H,5-9,12-15,20-23H2,1-4H3,(H,50,57)(H,51,58)(H,52,59)(H,53,65)(H,67,68,69)/b11-10-/t29?,30-,31?,32-,33?,34?,35?,36?,37+,38+,39?,40?,41+,42+,43+,44+,46+,47-,48-,49-/m0/s1. The zero-order valence-electron chi connectivity index (χ0n) is 43.8. The molecule has 0 aliphatic carbocycles. The van der Waals surface area contributed by atoms with E-state index in [0.717, 1.165) is 58.4 Å². The molecule has 29 heteroatoms. The van der Waals surface area contributed by atoms with Gasteiger partial charge in [0.2, 0.25) is 17.7 Å². The molecule has 4 heterocycles. The molecule has 14 N–H and O–H groups in total. The maximum absolute atomic E-state index is 13.7. The van der Waals surface area contributed by atoms with Gasteiger partial charge in [-0.25, -0.2) is 4.18 Å². The van der Waals surface area contributed by atoms with Gasteiger partial charge in [-0.3, -0.25) is 23.7 Å². The highest BCUT2D eigenvalue weighted by atomic mass is 32.3. The number of allylic oxidation sites excluding steroid dienone is 2. The number of aliphatic hydroxyl groups is 9. The summed E-state index contributed by atoms with van der Waals surface area (Å²) >= 11 is 0. The third-order valence-electron chi connectivity index (χ3n) is 13.6. The van der Waals surface area contributed by atoms with E-state index in [1.165, 1.54) is 25.7 Å². The SMILES string of the molecule is CCCCCC/C=C\CCCCc1ccc(C(=O)NC2[C@H](O[C@H]3C(O)C(NC(C)=O)[C@H](O[C@@H]4C(CO)O[C@@H](O[C@H]5C(O)C(NC(C)=O)[C@H](O)O[C@H]5COS(=O)(=O)O)C(NC(C)=O)[C@H]4O)O[C@H]3CO)OC(CO)[C@@H](O)[C@@H]2O)cc1. The maximum Gasteiger partial charge on any atom is 0.397 e. The first-order chi connectivity index (χ1) is 37.0. The molecule has 0 aromatic heterocycles. The third kappa shape index (κ3) is 18.0. The van der Waals surface area contributed by atoms with Crippen LogP contribution < -0.4 is 21.3 Å². The molecule has 0 saturated carbocycles. The number of carbonyl (C=O) groups excluding carboxylic acids is 4. The first kappa shape index (κ1) is 64.9. The van der Waals surface area contributed by atoms with Gasteiger partial charge in [0, 0.05) is 26.3 Å². The van der Waals surface area contributed by atoms with Gasteiger partial charge >= 0.3 is 10.4 Å². The minimum atomic E-state index is -5.16. The second kappa shape index (κ2) is 30.8. The summed E-state index contributed by atoms with van der Waals surface area (Å²) in [5.41, 5.74) is 1.14. The number of hydrogen-bond donors (Lipinski definition) is 14. The molecular weight excluding hydrogens is 1060 g/mol. The quantitative estimate of drug-likeness (QED) is 0.0228. The molecular formula is C49H78N4O24S. The molecule has 0 bridgehead atoms. The van der Waals surface area contributed by atoms with Crippen molar-refractivity contribution in [3.63, 3.8) is 0 Å². The lowest BCUT2D eigenvalue weighted by Crippen LogP contribution is -2.71. The van der Waals surface area contributed by atoms with E-state index in [2.05, 4.69) is 44.5 Å². The summed E-state index contributed by atoms with van der Waals surface area (Å²) in [7, 11) is -5.16. The topological polar surface area (TPSA) is 427 Å². The fourth-order valence-corrected chi connectivity index (χ4v) is 9.96. The second-order valence-electron chi connectivity index (χ2n) is 19.7. The minimum Gasteiger partial charge on any atom is -0.394 e. The first-order valence-corrected chi connectivity index (χ1v) is 27.4. The van der Waals surface area contributed by atoms with Crippen LogP contribution in [0, 0.1) is 0 Å². The summed E-state index contributed by atoms with van der Waals surface area (Å²) < 4.78 is 78.0. The molecule has 1 aromatic carbocycles. The van der Waals surface area contributed by atoms with Gasteiger partial charge in [0.1, 0.15) is 97.4 Å². The van der Waals surface area contributed by atoms with Crippen LogP contribution >= 0.6 is 0 Å². The van der Waals surface area contributed by atoms with Crippen LogP contribution in [0.25, 0.3) is 0 Å². The Kier molecular flexibility index (Phi) is 25.6. The Morgan fingerprint density at radius 3 is 1.45 bits per heavy atom. The fraction of sp³-hybridized carbons (Fsp3) is 0.755. The highest BCUT2D eigenvalue weighted by Crippen LogP contribution is 2.35. The van der Waals surface area contributed by atoms with E-state index in [0.29, 0.717) is 0 Å². The monoisotopic (exact) mass is 1140 g/mol. The zero-order chi connectivity index (χ0) is 57.4. The van der Waals surface area contributed by atoms with Gasteiger partial charge in [-0.05, 0) is 56.2 Å². The van der Waals surface area contributed by atoms with Gasteiger partial charge in [0.05, 0.1) is 26.4 Å². The molecule has 20 atom stereocenters. The number of ether oxygens (including phenoxy) is 7. The van der Waals surface area contributed by atoms with Gasteiger partial charge < -0.3 is 100 Å². The molecule has 4 fully saturated rings. The van der Waals surface area contributed by atoms with Crippen LogP contribution in [0.5, 0.6) is 0 Å². The van der Waals surface area contributed by atoms with Crippen LogP contribution in [0.15, 0.2) is 36.4 Å². The maximum atomic E-state index is 13.7. The minimum absolute atomic E-state index is 0.161. The van der Waals surface area contributed by atoms with Crippen LogP contribution in [0.2, 0.25) is 0 Å². The summed E-state index contributed by atoms with van der Waals surface area (Å²) in [5.74, 6) is -3.13. The lowest BCUT2D eigenvalue weighted by molar-refractivity contribution is -0.361. The number of amides is 4. The van der Waals surface area contributed by atoms with E-state index >= 15 is 0 Å². The Bertz CT molecular complexity index is 2200. The van der Waals surface area contributed by atoms with Crippen molar-refractivity contribution in [2.24, 2.45) is 0 Å². The van der Waals surface area contributed by atoms with Crippen LogP contribution in [0.4, 0.5) is 0 Å². The second-order valence-corrected chi connectivity index (χ2v) is 20.7. The van der Waals surface area contributed by atoms with Gasteiger partial charge in [-0.2, -0.15) is 8.42 Å². The zero-order valence-corrected chi connectivity index (χ0v) is 44.6. The Hall–Kier alpha value is -3.93. The number of aliphatic hydroxyl groups excluding tert-OH is 9. The van der Waals surface area contributed by atoms with Crippen molar-refractivity contribution in [3.05, 3.63) is 47.5 Å². The van der Waals surface area contributed by atoms with Crippen molar-refractivity contribution in [1.82, 2.24) is 21.3 Å². The molecule has 78 heavy (non-hydrogen) atoms. The third-order valence-corrected chi connectivity index (χ3v) is 14.1. The average Bonchev–Trinajstić information content (AvgIpc) is 3.43. The number of benzene rings is 1. The van der Waals surface area contributed by atoms with Crippen molar-refractivity contribution in [3.8, 4) is 0 Å². The molecule has 4 saturated heterocycles. The molecule has 8 unspecified atom stereocenters. The summed E-state index contributed by atoms with van der Waals surface area (Å²) in [6.45, 7) is 1.33. The van der Waals surface area contributed by atoms with Crippen LogP contribution in [0.1, 0.15) is 95.0 Å². The predicted molar refractivity (Wildman–Crippen MR) is 266 cm³/mol. The Balaban J connectivity index is 1.33. The molecule has 444 valence electrons. The van der Waals surface area contributed by atoms with E-state index in [-0.39, 0.29) is 5.56 Å². The van der Waals surface area contributed by atoms with E-state index in [1.807, 2.05) is 0 Å². The van der Waals surface area contributed by atoms with Crippen molar-refractivity contribution in [2.75, 3.05) is 26.4 Å². The van der Waals surface area contributed by atoms with Gasteiger partial charge in [0.25, 0.3) is 5.91 Å². The largest absolute Gasteiger partial charge is 0.397 e. The number of aryl methyl sites for hydroxylation is 1. The van der Waals surface area contributed by atoms with Gasteiger partial charge in [-0.15, -0.1) is 0 Å². The van der Waals surface area contributed by atoms with E-state index in [1.54, 1.807) is 24.3 Å². The van der Waals surface area contributed by atoms with Gasteiger partial charge in [-0.1, -0.05) is 50.5 Å². The average molecular weight is 1140 g/mol. The number of carbonyl (C=O) groups is 4. The number of rotatable bonds is 27. The van der Waals surface area contributed by atoms with Gasteiger partial charge in [0.15, 0.2) is 25.2 Å². The number of unbranched alkanes of at least 4 members (excludes halogenated alkanes) is 6. The first-order valence-electron chi connectivity index (χ1n) is 26.0. The van der Waals surface area contributed by atoms with E-state index < -0.39 is 183 Å². The Labute approximate surface area is 451 Å². The smallest absolute Gasteiger partial charge is 0.394 e. The molecule has 4 aliphatic rings. The fourth-order valence-electron chi connectivity index (χ4n) is 9.65. The number of nitrogens with one attached hydrogen (secondary N) is 4. The summed E-state index contributed by atoms with van der Waals surface area (Å²) in [4.78, 5) is 51.0. The molecule has 1 aromatic rings. The summed E-state index contributed by atoms with van der Waals surface area (Å²) in [5, 5.41) is 109. The van der Waals surface area contributed by atoms with Crippen LogP contribution in [-0.4, -0.2) is 232 Å². The van der Waals surface area contributed by atoms with E-state index in [9.17, 15) is 78.1 Å². The molecule has 0 radical (unpaired) electrons. The molecule has 4 aliphatic heterocycles. The highest BCUT2D eigenvalue weighted by Gasteiger charge is 2.56. The van der Waals surface area contributed by atoms with Crippen LogP contribution in [0.3, 0.4) is 0 Å². The summed E-state index contributed by atoms with van der Waals surface area (Å²) in [6, 6.07) is 0.00892. The normalized spacial score (nSPS) is 35.5. The number of hydrogen-bond acceptors (Lipinski definition) is 23. The molecule has 5 rings (SSSR count). The predicted octanol–water partition coefficient (Wildman–Crippen LogP) is -3.81.